The van der Waals surface area contributed by atoms with E-state index in [4.69, 9.17) is 16.3 Å². The molecule has 0 N–H and O–H groups in total. The monoisotopic (exact) mass is 317 g/mol. The van der Waals surface area contributed by atoms with Crippen molar-refractivity contribution in [1.29, 1.82) is 0 Å². The van der Waals surface area contributed by atoms with E-state index in [0.717, 1.165) is 6.42 Å². The molecule has 1 fully saturated rings. The molecule has 0 radical (unpaired) electrons. The van der Waals surface area contributed by atoms with Crippen LogP contribution in [0, 0.1) is 11.8 Å². The van der Waals surface area contributed by atoms with E-state index in [2.05, 4.69) is 13.8 Å². The van der Waals surface area contributed by atoms with Gasteiger partial charge in [-0.25, -0.2) is 8.42 Å². The first-order chi connectivity index (χ1) is 9.34. The van der Waals surface area contributed by atoms with E-state index in [-0.39, 0.29) is 4.90 Å². The lowest BCUT2D eigenvalue weighted by Gasteiger charge is -2.34. The average molecular weight is 318 g/mol. The molecule has 2 rings (SSSR count). The van der Waals surface area contributed by atoms with Gasteiger partial charge in [-0.1, -0.05) is 25.4 Å². The van der Waals surface area contributed by atoms with Gasteiger partial charge in [-0.05, 0) is 30.4 Å². The van der Waals surface area contributed by atoms with Crippen molar-refractivity contribution in [2.24, 2.45) is 11.8 Å². The van der Waals surface area contributed by atoms with E-state index in [1.165, 1.54) is 19.2 Å². The zero-order valence-corrected chi connectivity index (χ0v) is 13.5. The summed E-state index contributed by atoms with van der Waals surface area (Å²) in [6, 6.07) is 4.58. The molecule has 4 nitrogen and oxygen atoms in total. The topological polar surface area (TPSA) is 46.6 Å². The van der Waals surface area contributed by atoms with Gasteiger partial charge in [0.15, 0.2) is 0 Å². The summed E-state index contributed by atoms with van der Waals surface area (Å²) in [5.74, 6) is 1.14. The first-order valence-electron chi connectivity index (χ1n) is 6.68. The molecule has 0 aromatic heterocycles. The lowest BCUT2D eigenvalue weighted by molar-refractivity contribution is 0.222. The average Bonchev–Trinajstić information content (AvgIpc) is 2.37. The van der Waals surface area contributed by atoms with Crippen molar-refractivity contribution in [3.63, 3.8) is 0 Å². The van der Waals surface area contributed by atoms with Crippen LogP contribution >= 0.6 is 11.6 Å². The predicted octanol–water partition coefficient (Wildman–Crippen LogP) is 3.02. The molecule has 1 aliphatic rings. The number of rotatable bonds is 3. The normalized spacial score (nSPS) is 24.6. The Morgan fingerprint density at radius 1 is 1.25 bits per heavy atom. The van der Waals surface area contributed by atoms with E-state index < -0.39 is 10.0 Å². The Labute approximate surface area is 125 Å². The highest BCUT2D eigenvalue weighted by Crippen LogP contribution is 2.31. The van der Waals surface area contributed by atoms with Crippen molar-refractivity contribution >= 4 is 21.6 Å². The summed E-state index contributed by atoms with van der Waals surface area (Å²) in [5, 5.41) is 0.409. The van der Waals surface area contributed by atoms with Crippen LogP contribution < -0.4 is 4.74 Å². The zero-order valence-electron chi connectivity index (χ0n) is 12.0. The summed E-state index contributed by atoms with van der Waals surface area (Å²) in [6.07, 6.45) is 1.07. The molecule has 0 bridgehead atoms. The molecule has 20 heavy (non-hydrogen) atoms. The fraction of sp³-hybridized carbons (Fsp3) is 0.571. The van der Waals surface area contributed by atoms with Crippen LogP contribution in [0.1, 0.15) is 20.3 Å². The van der Waals surface area contributed by atoms with Crippen LogP contribution in [0.2, 0.25) is 5.02 Å². The van der Waals surface area contributed by atoms with Crippen LogP contribution in [0.3, 0.4) is 0 Å². The van der Waals surface area contributed by atoms with Crippen LogP contribution in [-0.4, -0.2) is 32.9 Å². The van der Waals surface area contributed by atoms with E-state index >= 15 is 0 Å². The van der Waals surface area contributed by atoms with Crippen LogP contribution in [0.5, 0.6) is 5.75 Å². The van der Waals surface area contributed by atoms with Gasteiger partial charge in [0.1, 0.15) is 5.75 Å². The maximum Gasteiger partial charge on any atom is 0.243 e. The number of halogens is 1. The molecule has 2 atom stereocenters. The molecule has 1 saturated heterocycles. The quantitative estimate of drug-likeness (QED) is 0.861. The van der Waals surface area contributed by atoms with Gasteiger partial charge >= 0.3 is 0 Å². The van der Waals surface area contributed by atoms with Crippen LogP contribution in [0.15, 0.2) is 23.1 Å². The van der Waals surface area contributed by atoms with Gasteiger partial charge in [-0.15, -0.1) is 0 Å². The number of nitrogens with zero attached hydrogens (tertiary/aromatic N) is 1. The Morgan fingerprint density at radius 2 is 1.85 bits per heavy atom. The van der Waals surface area contributed by atoms with Crippen molar-refractivity contribution in [2.45, 2.75) is 25.2 Å². The summed E-state index contributed by atoms with van der Waals surface area (Å²) < 4.78 is 32.0. The van der Waals surface area contributed by atoms with Crippen molar-refractivity contribution in [1.82, 2.24) is 4.31 Å². The fourth-order valence-corrected chi connectivity index (χ4v) is 4.64. The molecular weight excluding hydrogens is 298 g/mol. The number of hydrogen-bond acceptors (Lipinski definition) is 3. The number of hydrogen-bond donors (Lipinski definition) is 0. The minimum absolute atomic E-state index is 0.236. The minimum Gasteiger partial charge on any atom is -0.495 e. The second kappa shape index (κ2) is 5.92. The number of benzene rings is 1. The van der Waals surface area contributed by atoms with Crippen molar-refractivity contribution in [3.05, 3.63) is 23.2 Å². The third kappa shape index (κ3) is 3.10. The first kappa shape index (κ1) is 15.6. The lowest BCUT2D eigenvalue weighted by atomic mass is 9.94. The predicted molar refractivity (Wildman–Crippen MR) is 79.7 cm³/mol. The van der Waals surface area contributed by atoms with Crippen molar-refractivity contribution in [3.8, 4) is 5.75 Å². The molecule has 0 aliphatic carbocycles. The second-order valence-corrected chi connectivity index (χ2v) is 7.91. The number of sulfonamides is 1. The zero-order chi connectivity index (χ0) is 14.9. The molecule has 1 heterocycles. The minimum atomic E-state index is -3.48. The molecule has 6 heteroatoms. The number of ether oxygens (including phenoxy) is 1. The van der Waals surface area contributed by atoms with Gasteiger partial charge in [0.05, 0.1) is 17.0 Å². The summed E-state index contributed by atoms with van der Waals surface area (Å²) in [5.41, 5.74) is 0. The van der Waals surface area contributed by atoms with E-state index in [9.17, 15) is 8.42 Å². The molecule has 0 saturated carbocycles. The van der Waals surface area contributed by atoms with Gasteiger partial charge < -0.3 is 4.74 Å². The molecule has 0 spiro atoms. The maximum absolute atomic E-state index is 12.7. The Balaban J connectivity index is 2.34. The Hall–Kier alpha value is -0.780. The summed E-state index contributed by atoms with van der Waals surface area (Å²) in [4.78, 5) is 0.236. The highest BCUT2D eigenvalue weighted by Gasteiger charge is 2.32. The third-order valence-electron chi connectivity index (χ3n) is 3.60. The van der Waals surface area contributed by atoms with E-state index in [1.54, 1.807) is 10.4 Å². The highest BCUT2D eigenvalue weighted by molar-refractivity contribution is 7.89. The summed E-state index contributed by atoms with van der Waals surface area (Å²) in [7, 11) is -2.01. The molecule has 0 amide bonds. The van der Waals surface area contributed by atoms with Crippen molar-refractivity contribution in [2.75, 3.05) is 20.2 Å². The smallest absolute Gasteiger partial charge is 0.243 e. The third-order valence-corrected chi connectivity index (χ3v) is 5.74. The first-order valence-corrected chi connectivity index (χ1v) is 8.50. The Kier molecular flexibility index (Phi) is 4.62. The second-order valence-electron chi connectivity index (χ2n) is 5.56. The molecule has 0 unspecified atom stereocenters. The van der Waals surface area contributed by atoms with Gasteiger partial charge in [0.25, 0.3) is 0 Å². The molecule has 1 aliphatic heterocycles. The molecule has 1 aromatic carbocycles. The lowest BCUT2D eigenvalue weighted by Crippen LogP contribution is -2.42. The standard InChI is InChI=1S/C14H20ClNO3S/c1-10-6-11(2)9-16(8-10)20(17,18)12-4-5-13(15)14(7-12)19-3/h4-5,7,10-11H,6,8-9H2,1-3H3/t10-,11-/m0/s1. The fourth-order valence-electron chi connectivity index (χ4n) is 2.75. The van der Waals surface area contributed by atoms with Crippen LogP contribution in [0.25, 0.3) is 0 Å². The maximum atomic E-state index is 12.7. The van der Waals surface area contributed by atoms with E-state index in [1.807, 2.05) is 0 Å². The van der Waals surface area contributed by atoms with Gasteiger partial charge in [-0.2, -0.15) is 4.31 Å². The van der Waals surface area contributed by atoms with Gasteiger partial charge in [0.2, 0.25) is 10.0 Å². The highest BCUT2D eigenvalue weighted by atomic mass is 35.5. The van der Waals surface area contributed by atoms with Crippen LogP contribution in [0.4, 0.5) is 0 Å². The largest absolute Gasteiger partial charge is 0.495 e. The van der Waals surface area contributed by atoms with E-state index in [0.29, 0.717) is 35.7 Å². The molecule has 1 aromatic rings. The van der Waals surface area contributed by atoms with Gasteiger partial charge in [0, 0.05) is 19.2 Å². The molecule has 112 valence electrons. The number of methoxy groups -OCH3 is 1. The molecular formula is C14H20ClNO3S. The SMILES string of the molecule is COc1cc(S(=O)(=O)N2C[C@@H](C)C[C@H](C)C2)ccc1Cl. The Bertz CT molecular complexity index is 578. The summed E-state index contributed by atoms with van der Waals surface area (Å²) >= 11 is 5.95. The Morgan fingerprint density at radius 3 is 2.40 bits per heavy atom. The number of piperidine rings is 1. The van der Waals surface area contributed by atoms with Crippen LogP contribution in [-0.2, 0) is 10.0 Å². The van der Waals surface area contributed by atoms with Gasteiger partial charge in [-0.3, -0.25) is 0 Å². The summed E-state index contributed by atoms with van der Waals surface area (Å²) in [6.45, 7) is 5.30. The van der Waals surface area contributed by atoms with Crippen molar-refractivity contribution < 1.29 is 13.2 Å².